The van der Waals surface area contributed by atoms with Crippen molar-refractivity contribution in [2.24, 2.45) is 0 Å². The lowest BCUT2D eigenvalue weighted by Crippen LogP contribution is -1.99. The number of aromatic carboxylic acids is 1. The molecule has 0 spiro atoms. The number of carboxylic acids is 1. The Bertz CT molecular complexity index is 628. The van der Waals surface area contributed by atoms with Gasteiger partial charge in [0.1, 0.15) is 11.6 Å². The number of halogens is 1. The van der Waals surface area contributed by atoms with Crippen LogP contribution in [0.5, 0.6) is 0 Å². The fourth-order valence-corrected chi connectivity index (χ4v) is 1.62. The van der Waals surface area contributed by atoms with Gasteiger partial charge in [0, 0.05) is 5.56 Å². The lowest BCUT2D eigenvalue weighted by atomic mass is 10.0. The number of rotatable bonds is 3. The lowest BCUT2D eigenvalue weighted by Gasteiger charge is -2.06. The molecule has 2 rings (SSSR count). The number of aldehydes is 1. The van der Waals surface area contributed by atoms with Crippen LogP contribution in [0.3, 0.4) is 0 Å². The Morgan fingerprint density at radius 2 is 2.11 bits per heavy atom. The first-order valence-electron chi connectivity index (χ1n) is 5.11. The highest BCUT2D eigenvalue weighted by atomic mass is 19.1. The third-order valence-corrected chi connectivity index (χ3v) is 2.60. The van der Waals surface area contributed by atoms with Gasteiger partial charge in [-0.1, -0.05) is 0 Å². The smallest absolute Gasteiger partial charge is 0.335 e. The van der Waals surface area contributed by atoms with Crippen LogP contribution in [0.2, 0.25) is 0 Å². The zero-order valence-corrected chi connectivity index (χ0v) is 9.44. The average molecular weight is 248 g/mol. The minimum absolute atomic E-state index is 0.102. The van der Waals surface area contributed by atoms with Crippen LogP contribution in [0, 0.1) is 12.7 Å². The third-order valence-electron chi connectivity index (χ3n) is 2.60. The molecule has 0 amide bonds. The van der Waals surface area contributed by atoms with Crippen LogP contribution in [0.4, 0.5) is 4.39 Å². The molecular formula is C13H9FO4. The van der Waals surface area contributed by atoms with Crippen molar-refractivity contribution in [3.63, 3.8) is 0 Å². The minimum atomic E-state index is -1.22. The molecule has 0 bridgehead atoms. The zero-order valence-electron chi connectivity index (χ0n) is 9.44. The molecule has 0 aliphatic heterocycles. The van der Waals surface area contributed by atoms with E-state index >= 15 is 0 Å². The number of hydrogen-bond acceptors (Lipinski definition) is 3. The number of carbonyl (C=O) groups excluding carboxylic acids is 1. The van der Waals surface area contributed by atoms with Crippen LogP contribution in [0.25, 0.3) is 11.3 Å². The van der Waals surface area contributed by atoms with Crippen molar-refractivity contribution in [3.8, 4) is 11.3 Å². The number of hydrogen-bond donors (Lipinski definition) is 1. The van der Waals surface area contributed by atoms with E-state index in [0.717, 1.165) is 6.07 Å². The number of carboxylic acid groups (broad SMARTS) is 1. The van der Waals surface area contributed by atoms with Gasteiger partial charge in [0.2, 0.25) is 0 Å². The van der Waals surface area contributed by atoms with Crippen molar-refractivity contribution in [1.82, 2.24) is 0 Å². The second-order valence-corrected chi connectivity index (χ2v) is 3.76. The monoisotopic (exact) mass is 248 g/mol. The molecule has 0 fully saturated rings. The maximum atomic E-state index is 13.6. The van der Waals surface area contributed by atoms with E-state index in [1.807, 2.05) is 0 Å². The van der Waals surface area contributed by atoms with Gasteiger partial charge in [-0.15, -0.1) is 0 Å². The Hall–Kier alpha value is -2.43. The molecule has 1 N–H and O–H groups in total. The van der Waals surface area contributed by atoms with Gasteiger partial charge in [-0.3, -0.25) is 4.79 Å². The number of carbonyl (C=O) groups is 2. The first-order valence-corrected chi connectivity index (χ1v) is 5.11. The van der Waals surface area contributed by atoms with E-state index in [2.05, 4.69) is 0 Å². The highest BCUT2D eigenvalue weighted by Gasteiger charge is 2.15. The van der Waals surface area contributed by atoms with E-state index in [4.69, 9.17) is 9.52 Å². The molecule has 18 heavy (non-hydrogen) atoms. The molecule has 0 saturated heterocycles. The van der Waals surface area contributed by atoms with E-state index in [-0.39, 0.29) is 22.6 Å². The van der Waals surface area contributed by atoms with Crippen molar-refractivity contribution in [2.75, 3.05) is 0 Å². The fraction of sp³-hybridized carbons (Fsp3) is 0.0769. The first-order chi connectivity index (χ1) is 8.52. The highest BCUT2D eigenvalue weighted by Crippen LogP contribution is 2.28. The number of furan rings is 1. The molecule has 0 aliphatic rings. The van der Waals surface area contributed by atoms with Gasteiger partial charge in [0.25, 0.3) is 0 Å². The van der Waals surface area contributed by atoms with Crippen LogP contribution in [-0.4, -0.2) is 17.4 Å². The Labute approximate surface area is 102 Å². The third kappa shape index (κ3) is 2.02. The summed E-state index contributed by atoms with van der Waals surface area (Å²) in [5.41, 5.74) is 0.421. The summed E-state index contributed by atoms with van der Waals surface area (Å²) in [5.74, 6) is -1.49. The molecule has 0 aliphatic carbocycles. The zero-order chi connectivity index (χ0) is 13.3. The minimum Gasteiger partial charge on any atom is -0.478 e. The molecule has 1 aromatic heterocycles. The standard InChI is InChI=1S/C13H9FO4/c1-7-10(12-3-2-9(6-15)18-12)4-8(13(16)17)5-11(7)14/h2-6H,1H3,(H,16,17). The summed E-state index contributed by atoms with van der Waals surface area (Å²) in [5, 5.41) is 8.87. The van der Waals surface area contributed by atoms with Gasteiger partial charge in [-0.25, -0.2) is 9.18 Å². The van der Waals surface area contributed by atoms with E-state index < -0.39 is 11.8 Å². The quantitative estimate of drug-likeness (QED) is 0.848. The van der Waals surface area contributed by atoms with Crippen molar-refractivity contribution < 1.29 is 23.5 Å². The molecule has 2 aromatic rings. The lowest BCUT2D eigenvalue weighted by molar-refractivity contribution is 0.0696. The van der Waals surface area contributed by atoms with Gasteiger partial charge in [0.15, 0.2) is 12.0 Å². The summed E-state index contributed by atoms with van der Waals surface area (Å²) in [6.07, 6.45) is 0.524. The predicted octanol–water partition coefficient (Wildman–Crippen LogP) is 2.90. The van der Waals surface area contributed by atoms with Gasteiger partial charge < -0.3 is 9.52 Å². The SMILES string of the molecule is Cc1c(F)cc(C(=O)O)cc1-c1ccc(C=O)o1. The Kier molecular flexibility index (Phi) is 2.97. The molecule has 5 heteroatoms. The van der Waals surface area contributed by atoms with Crippen LogP contribution in [-0.2, 0) is 0 Å². The van der Waals surface area contributed by atoms with Crippen molar-refractivity contribution in [1.29, 1.82) is 0 Å². The molecule has 0 saturated carbocycles. The van der Waals surface area contributed by atoms with Crippen LogP contribution < -0.4 is 0 Å². The summed E-state index contributed by atoms with van der Waals surface area (Å²) in [6, 6.07) is 5.20. The average Bonchev–Trinajstić information content (AvgIpc) is 2.80. The van der Waals surface area contributed by atoms with Gasteiger partial charge in [0.05, 0.1) is 5.56 Å². The van der Waals surface area contributed by atoms with Crippen molar-refractivity contribution in [2.45, 2.75) is 6.92 Å². The summed E-state index contributed by atoms with van der Waals surface area (Å²) in [4.78, 5) is 21.4. The van der Waals surface area contributed by atoms with Crippen LogP contribution >= 0.6 is 0 Å². The molecule has 0 radical (unpaired) electrons. The molecule has 1 aromatic carbocycles. The molecule has 1 heterocycles. The Morgan fingerprint density at radius 1 is 1.39 bits per heavy atom. The van der Waals surface area contributed by atoms with Crippen LogP contribution in [0.15, 0.2) is 28.7 Å². The summed E-state index contributed by atoms with van der Waals surface area (Å²) in [7, 11) is 0. The summed E-state index contributed by atoms with van der Waals surface area (Å²) in [6.45, 7) is 1.51. The topological polar surface area (TPSA) is 67.5 Å². The van der Waals surface area contributed by atoms with E-state index in [1.165, 1.54) is 25.1 Å². The Morgan fingerprint density at radius 3 is 2.67 bits per heavy atom. The second-order valence-electron chi connectivity index (χ2n) is 3.76. The maximum absolute atomic E-state index is 13.6. The molecule has 0 unspecified atom stereocenters. The summed E-state index contributed by atoms with van der Waals surface area (Å²) >= 11 is 0. The van der Waals surface area contributed by atoms with Gasteiger partial charge in [-0.2, -0.15) is 0 Å². The van der Waals surface area contributed by atoms with Crippen molar-refractivity contribution >= 4 is 12.3 Å². The largest absolute Gasteiger partial charge is 0.478 e. The van der Waals surface area contributed by atoms with Gasteiger partial charge in [-0.05, 0) is 36.8 Å². The second kappa shape index (κ2) is 4.44. The van der Waals surface area contributed by atoms with Gasteiger partial charge >= 0.3 is 5.97 Å². The Balaban J connectivity index is 2.62. The highest BCUT2D eigenvalue weighted by molar-refractivity contribution is 5.89. The van der Waals surface area contributed by atoms with E-state index in [9.17, 15) is 14.0 Å². The fourth-order valence-electron chi connectivity index (χ4n) is 1.62. The molecule has 4 nitrogen and oxygen atoms in total. The van der Waals surface area contributed by atoms with Crippen LogP contribution in [0.1, 0.15) is 26.5 Å². The molecule has 0 atom stereocenters. The number of benzene rings is 1. The maximum Gasteiger partial charge on any atom is 0.335 e. The normalized spacial score (nSPS) is 10.3. The van der Waals surface area contributed by atoms with E-state index in [1.54, 1.807) is 0 Å². The molecule has 92 valence electrons. The van der Waals surface area contributed by atoms with Crippen molar-refractivity contribution in [3.05, 3.63) is 47.0 Å². The summed E-state index contributed by atoms with van der Waals surface area (Å²) < 4.78 is 18.8. The van der Waals surface area contributed by atoms with E-state index in [0.29, 0.717) is 11.8 Å². The first kappa shape index (κ1) is 12.0. The predicted molar refractivity (Wildman–Crippen MR) is 61.2 cm³/mol. The molecular weight excluding hydrogens is 239 g/mol.